The van der Waals surface area contributed by atoms with E-state index >= 15 is 0 Å². The van der Waals surface area contributed by atoms with Crippen LogP contribution < -0.4 is 10.1 Å². The van der Waals surface area contributed by atoms with Gasteiger partial charge < -0.3 is 10.1 Å². The normalized spacial score (nSPS) is 11.1. The largest absolute Gasteiger partial charge is 0.496 e. The maximum atomic E-state index is 11.8. The molecule has 3 heteroatoms. The lowest BCUT2D eigenvalue weighted by Crippen LogP contribution is -2.22. The van der Waals surface area contributed by atoms with Crippen LogP contribution in [0.15, 0.2) is 30.4 Å². The van der Waals surface area contributed by atoms with Gasteiger partial charge in [-0.3, -0.25) is 4.79 Å². The van der Waals surface area contributed by atoms with Gasteiger partial charge in [-0.2, -0.15) is 0 Å². The summed E-state index contributed by atoms with van der Waals surface area (Å²) in [5.74, 6) is 1.59. The Labute approximate surface area is 134 Å². The molecule has 1 aromatic rings. The third-order valence-corrected chi connectivity index (χ3v) is 3.51. The zero-order valence-corrected chi connectivity index (χ0v) is 14.3. The molecule has 0 saturated heterocycles. The van der Waals surface area contributed by atoms with Crippen molar-refractivity contribution in [2.24, 2.45) is 5.92 Å². The van der Waals surface area contributed by atoms with Crippen LogP contribution in [0, 0.1) is 12.8 Å². The van der Waals surface area contributed by atoms with Gasteiger partial charge in [0.1, 0.15) is 5.75 Å². The van der Waals surface area contributed by atoms with Gasteiger partial charge in [0.2, 0.25) is 5.91 Å². The second-order valence-corrected chi connectivity index (χ2v) is 6.00. The Bertz CT molecular complexity index is 492. The number of methoxy groups -OCH3 is 1. The van der Waals surface area contributed by atoms with E-state index in [9.17, 15) is 4.79 Å². The third-order valence-electron chi connectivity index (χ3n) is 3.51. The summed E-state index contributed by atoms with van der Waals surface area (Å²) in [6, 6.07) is 6.02. The third kappa shape index (κ3) is 7.30. The van der Waals surface area contributed by atoms with Gasteiger partial charge in [0.25, 0.3) is 0 Å². The van der Waals surface area contributed by atoms with Gasteiger partial charge in [0.15, 0.2) is 0 Å². The van der Waals surface area contributed by atoms with Crippen molar-refractivity contribution in [2.75, 3.05) is 7.11 Å². The molecule has 0 aromatic heterocycles. The highest BCUT2D eigenvalue weighted by atomic mass is 16.5. The minimum atomic E-state index is 0.118. The van der Waals surface area contributed by atoms with Crippen molar-refractivity contribution in [3.05, 3.63) is 41.5 Å². The Kier molecular flexibility index (Phi) is 8.34. The highest BCUT2D eigenvalue weighted by Crippen LogP contribution is 2.18. The number of amides is 1. The second-order valence-electron chi connectivity index (χ2n) is 6.00. The first-order valence-corrected chi connectivity index (χ1v) is 8.09. The molecule has 122 valence electrons. The first kappa shape index (κ1) is 18.3. The van der Waals surface area contributed by atoms with Crippen molar-refractivity contribution in [1.82, 2.24) is 5.32 Å². The highest BCUT2D eigenvalue weighted by molar-refractivity contribution is 5.75. The molecule has 3 nitrogen and oxygen atoms in total. The van der Waals surface area contributed by atoms with E-state index in [1.54, 1.807) is 7.11 Å². The minimum absolute atomic E-state index is 0.118. The predicted octanol–water partition coefficient (Wildman–Crippen LogP) is 4.39. The van der Waals surface area contributed by atoms with Crippen molar-refractivity contribution in [1.29, 1.82) is 0 Å². The number of nitrogens with one attached hydrogen (secondary N) is 1. The fourth-order valence-electron chi connectivity index (χ4n) is 2.18. The minimum Gasteiger partial charge on any atom is -0.496 e. The summed E-state index contributed by atoms with van der Waals surface area (Å²) in [6.07, 6.45) is 8.08. The van der Waals surface area contributed by atoms with Crippen molar-refractivity contribution in [3.8, 4) is 5.75 Å². The maximum absolute atomic E-state index is 11.8. The molecule has 1 amide bonds. The summed E-state index contributed by atoms with van der Waals surface area (Å²) in [4.78, 5) is 11.8. The molecule has 0 saturated carbocycles. The SMILES string of the molecule is COc1cc(CNC(=O)CCCC/C=C/C(C)C)ccc1C. The van der Waals surface area contributed by atoms with Crippen LogP contribution in [-0.2, 0) is 11.3 Å². The number of allylic oxidation sites excluding steroid dienone is 2. The Morgan fingerprint density at radius 1 is 1.32 bits per heavy atom. The van der Waals surface area contributed by atoms with Gasteiger partial charge in [-0.25, -0.2) is 0 Å². The van der Waals surface area contributed by atoms with E-state index in [4.69, 9.17) is 4.74 Å². The Balaban J connectivity index is 2.23. The molecule has 1 N–H and O–H groups in total. The monoisotopic (exact) mass is 303 g/mol. The molecule has 0 radical (unpaired) electrons. The van der Waals surface area contributed by atoms with E-state index in [0.29, 0.717) is 18.9 Å². The van der Waals surface area contributed by atoms with Gasteiger partial charge in [-0.15, -0.1) is 0 Å². The molecule has 0 aliphatic heterocycles. The zero-order chi connectivity index (χ0) is 16.4. The molecule has 0 fully saturated rings. The van der Waals surface area contributed by atoms with E-state index in [-0.39, 0.29) is 5.91 Å². The van der Waals surface area contributed by atoms with Crippen LogP contribution >= 0.6 is 0 Å². The molecule has 0 bridgehead atoms. The number of benzene rings is 1. The standard InChI is InChI=1S/C19H29NO2/c1-15(2)9-7-5-6-8-10-19(21)20-14-17-12-11-16(3)18(13-17)22-4/h7,9,11-13,15H,5-6,8,10,14H2,1-4H3,(H,20,21)/b9-7+. The van der Waals surface area contributed by atoms with E-state index in [0.717, 1.165) is 36.1 Å². The molecule has 0 atom stereocenters. The Morgan fingerprint density at radius 3 is 2.77 bits per heavy atom. The lowest BCUT2D eigenvalue weighted by Gasteiger charge is -2.09. The number of hydrogen-bond acceptors (Lipinski definition) is 2. The number of ether oxygens (including phenoxy) is 1. The second kappa shape index (κ2) is 10.0. The molecule has 22 heavy (non-hydrogen) atoms. The van der Waals surface area contributed by atoms with Gasteiger partial charge in [0, 0.05) is 13.0 Å². The van der Waals surface area contributed by atoms with E-state index in [1.807, 2.05) is 25.1 Å². The van der Waals surface area contributed by atoms with Crippen molar-refractivity contribution < 1.29 is 9.53 Å². The smallest absolute Gasteiger partial charge is 0.220 e. The van der Waals surface area contributed by atoms with Crippen molar-refractivity contribution in [2.45, 2.75) is 53.0 Å². The Morgan fingerprint density at radius 2 is 2.09 bits per heavy atom. The van der Waals surface area contributed by atoms with Crippen LogP contribution in [0.1, 0.15) is 50.7 Å². The fourth-order valence-corrected chi connectivity index (χ4v) is 2.18. The number of unbranched alkanes of at least 4 members (excludes halogenated alkanes) is 2. The molecular formula is C19H29NO2. The van der Waals surface area contributed by atoms with E-state index in [1.165, 1.54) is 0 Å². The molecule has 1 aromatic carbocycles. The number of hydrogen-bond donors (Lipinski definition) is 1. The molecule has 0 aliphatic rings. The van der Waals surface area contributed by atoms with Gasteiger partial charge in [-0.1, -0.05) is 38.1 Å². The van der Waals surface area contributed by atoms with Gasteiger partial charge >= 0.3 is 0 Å². The van der Waals surface area contributed by atoms with Gasteiger partial charge in [0.05, 0.1) is 7.11 Å². The summed E-state index contributed by atoms with van der Waals surface area (Å²) in [5.41, 5.74) is 2.17. The lowest BCUT2D eigenvalue weighted by molar-refractivity contribution is -0.121. The van der Waals surface area contributed by atoms with E-state index in [2.05, 4.69) is 31.3 Å². The predicted molar refractivity (Wildman–Crippen MR) is 92.0 cm³/mol. The molecule has 1 rings (SSSR count). The average molecular weight is 303 g/mol. The lowest BCUT2D eigenvalue weighted by atomic mass is 10.1. The van der Waals surface area contributed by atoms with Crippen LogP contribution in [0.4, 0.5) is 0 Å². The topological polar surface area (TPSA) is 38.3 Å². The van der Waals surface area contributed by atoms with Crippen LogP contribution in [0.5, 0.6) is 5.75 Å². The molecule has 0 unspecified atom stereocenters. The summed E-state index contributed by atoms with van der Waals surface area (Å²) in [6.45, 7) is 6.91. The molecule has 0 aliphatic carbocycles. The van der Waals surface area contributed by atoms with Crippen LogP contribution in [0.3, 0.4) is 0 Å². The average Bonchev–Trinajstić information content (AvgIpc) is 2.49. The fraction of sp³-hybridized carbons (Fsp3) is 0.526. The number of carbonyl (C=O) groups excluding carboxylic acids is 1. The van der Waals surface area contributed by atoms with Crippen LogP contribution in [0.2, 0.25) is 0 Å². The summed E-state index contributed by atoms with van der Waals surface area (Å²) < 4.78 is 5.29. The van der Waals surface area contributed by atoms with Gasteiger partial charge in [-0.05, 0) is 49.3 Å². The maximum Gasteiger partial charge on any atom is 0.220 e. The molecular weight excluding hydrogens is 274 g/mol. The number of aryl methyl sites for hydroxylation is 1. The summed E-state index contributed by atoms with van der Waals surface area (Å²) in [7, 11) is 1.67. The molecule has 0 spiro atoms. The van der Waals surface area contributed by atoms with Crippen molar-refractivity contribution >= 4 is 5.91 Å². The number of rotatable bonds is 9. The summed E-state index contributed by atoms with van der Waals surface area (Å²) in [5, 5.41) is 2.97. The number of carbonyl (C=O) groups is 1. The first-order chi connectivity index (χ1) is 10.5. The van der Waals surface area contributed by atoms with E-state index < -0.39 is 0 Å². The van der Waals surface area contributed by atoms with Crippen LogP contribution in [-0.4, -0.2) is 13.0 Å². The summed E-state index contributed by atoms with van der Waals surface area (Å²) >= 11 is 0. The van der Waals surface area contributed by atoms with Crippen LogP contribution in [0.25, 0.3) is 0 Å². The Hall–Kier alpha value is -1.77. The quantitative estimate of drug-likeness (QED) is 0.542. The first-order valence-electron chi connectivity index (χ1n) is 8.09. The van der Waals surface area contributed by atoms with Crippen molar-refractivity contribution in [3.63, 3.8) is 0 Å². The highest BCUT2D eigenvalue weighted by Gasteiger charge is 2.03. The zero-order valence-electron chi connectivity index (χ0n) is 14.3. The molecule has 0 heterocycles.